The van der Waals surface area contributed by atoms with Gasteiger partial charge in [0.05, 0.1) is 21.3 Å². The number of carbonyl (C=O) groups excluding carboxylic acids is 2. The molecule has 168 valence electrons. The fraction of sp³-hybridized carbons (Fsp3) is 0.333. The normalized spacial score (nSPS) is 12.8. The Bertz CT molecular complexity index is 1110. The highest BCUT2D eigenvalue weighted by Gasteiger charge is 2.33. The summed E-state index contributed by atoms with van der Waals surface area (Å²) in [5.74, 6) is -1.72. The summed E-state index contributed by atoms with van der Waals surface area (Å²) in [6.07, 6.45) is 0.0324. The molecule has 0 aromatic heterocycles. The number of hydrogen-bond acceptors (Lipinski definition) is 5. The van der Waals surface area contributed by atoms with E-state index in [0.717, 1.165) is 11.6 Å². The summed E-state index contributed by atoms with van der Waals surface area (Å²) in [5, 5.41) is 13.8. The zero-order chi connectivity index (χ0) is 23.6. The van der Waals surface area contributed by atoms with Gasteiger partial charge in [0.15, 0.2) is 9.84 Å². The van der Waals surface area contributed by atoms with Crippen molar-refractivity contribution in [1.29, 1.82) is 0 Å². The molecule has 7 nitrogen and oxygen atoms in total. The summed E-state index contributed by atoms with van der Waals surface area (Å²) >= 11 is 12.1. The highest BCUT2D eigenvalue weighted by Crippen LogP contribution is 2.35. The molecule has 0 saturated carbocycles. The molecule has 0 spiro atoms. The molecule has 0 saturated heterocycles. The number of nitrogens with one attached hydrogen (secondary N) is 2. The predicted molar refractivity (Wildman–Crippen MR) is 123 cm³/mol. The van der Waals surface area contributed by atoms with Gasteiger partial charge in [0.2, 0.25) is 11.8 Å². The number of carbonyl (C=O) groups is 2. The van der Waals surface area contributed by atoms with Crippen molar-refractivity contribution < 1.29 is 23.1 Å². The number of anilines is 2. The van der Waals surface area contributed by atoms with Gasteiger partial charge in [-0.1, -0.05) is 30.7 Å². The number of aromatic hydroxyl groups is 1. The second-order valence-corrected chi connectivity index (χ2v) is 11.0. The minimum Gasteiger partial charge on any atom is -0.506 e. The van der Waals surface area contributed by atoms with Crippen molar-refractivity contribution in [1.82, 2.24) is 0 Å². The molecule has 0 aliphatic heterocycles. The van der Waals surface area contributed by atoms with Crippen molar-refractivity contribution in [3.05, 3.63) is 47.0 Å². The lowest BCUT2D eigenvalue weighted by molar-refractivity contribution is -0.118. The van der Waals surface area contributed by atoms with Gasteiger partial charge < -0.3 is 15.7 Å². The van der Waals surface area contributed by atoms with E-state index in [1.165, 1.54) is 32.0 Å². The number of sulfone groups is 1. The molecule has 0 bridgehead atoms. The maximum atomic E-state index is 13.0. The summed E-state index contributed by atoms with van der Waals surface area (Å²) in [6.45, 7) is 6.31. The van der Waals surface area contributed by atoms with Crippen LogP contribution in [0.15, 0.2) is 41.3 Å². The Morgan fingerprint density at radius 3 is 2.32 bits per heavy atom. The number of aryl methyl sites for hydroxylation is 1. The van der Waals surface area contributed by atoms with Crippen LogP contribution < -0.4 is 10.6 Å². The van der Waals surface area contributed by atoms with Crippen LogP contribution >= 0.6 is 23.2 Å². The predicted octanol–water partition coefficient (Wildman–Crippen LogP) is 4.50. The molecule has 2 rings (SSSR count). The van der Waals surface area contributed by atoms with E-state index >= 15 is 0 Å². The molecule has 31 heavy (non-hydrogen) atoms. The van der Waals surface area contributed by atoms with Crippen molar-refractivity contribution in [3.63, 3.8) is 0 Å². The Labute approximate surface area is 191 Å². The molecule has 2 aromatic rings. The SMILES string of the molecule is CCC(C(=O)Nc1cc(O)c(NC(=O)C(C)(C)Cl)cc1Cl)S(=O)(=O)c1cccc(C)c1. The molecule has 0 heterocycles. The van der Waals surface area contributed by atoms with Crippen LogP contribution in [0.5, 0.6) is 5.75 Å². The summed E-state index contributed by atoms with van der Waals surface area (Å²) in [4.78, 5) is 23.6. The van der Waals surface area contributed by atoms with Gasteiger partial charge in [0.1, 0.15) is 15.9 Å². The van der Waals surface area contributed by atoms with Gasteiger partial charge in [-0.05, 0) is 51.0 Å². The Morgan fingerprint density at radius 1 is 1.13 bits per heavy atom. The Morgan fingerprint density at radius 2 is 1.77 bits per heavy atom. The Kier molecular flexibility index (Phi) is 7.62. The first-order valence-electron chi connectivity index (χ1n) is 9.41. The second kappa shape index (κ2) is 9.46. The molecule has 1 atom stereocenters. The average Bonchev–Trinajstić information content (AvgIpc) is 2.65. The molecule has 0 fully saturated rings. The zero-order valence-corrected chi connectivity index (χ0v) is 19.8. The number of halogens is 2. The quantitative estimate of drug-likeness (QED) is 0.393. The Balaban J connectivity index is 2.29. The molecule has 0 radical (unpaired) electrons. The van der Waals surface area contributed by atoms with Crippen LogP contribution in [0.25, 0.3) is 0 Å². The third-order valence-electron chi connectivity index (χ3n) is 4.49. The lowest BCUT2D eigenvalue weighted by Gasteiger charge is -2.19. The molecule has 2 amide bonds. The van der Waals surface area contributed by atoms with Crippen molar-refractivity contribution in [3.8, 4) is 5.75 Å². The maximum Gasteiger partial charge on any atom is 0.245 e. The molecular formula is C21H24Cl2N2O5S. The van der Waals surface area contributed by atoms with Crippen LogP contribution in [0.3, 0.4) is 0 Å². The topological polar surface area (TPSA) is 113 Å². The van der Waals surface area contributed by atoms with Gasteiger partial charge in [-0.3, -0.25) is 9.59 Å². The fourth-order valence-corrected chi connectivity index (χ4v) is 4.73. The zero-order valence-electron chi connectivity index (χ0n) is 17.5. The lowest BCUT2D eigenvalue weighted by atomic mass is 10.1. The van der Waals surface area contributed by atoms with Gasteiger partial charge in [-0.2, -0.15) is 0 Å². The van der Waals surface area contributed by atoms with Gasteiger partial charge in [0, 0.05) is 6.07 Å². The molecular weight excluding hydrogens is 463 g/mol. The number of phenols is 1. The highest BCUT2D eigenvalue weighted by atomic mass is 35.5. The fourth-order valence-electron chi connectivity index (χ4n) is 2.74. The van der Waals surface area contributed by atoms with Gasteiger partial charge in [0.25, 0.3) is 0 Å². The third kappa shape index (κ3) is 5.90. The molecule has 2 aromatic carbocycles. The van der Waals surface area contributed by atoms with E-state index in [0.29, 0.717) is 0 Å². The number of rotatable bonds is 7. The first-order chi connectivity index (χ1) is 14.3. The molecule has 0 aliphatic carbocycles. The van der Waals surface area contributed by atoms with Crippen LogP contribution in [0, 0.1) is 6.92 Å². The van der Waals surface area contributed by atoms with Gasteiger partial charge in [-0.25, -0.2) is 8.42 Å². The lowest BCUT2D eigenvalue weighted by Crippen LogP contribution is -2.35. The first kappa shape index (κ1) is 25.0. The summed E-state index contributed by atoms with van der Waals surface area (Å²) in [5.41, 5.74) is 0.758. The van der Waals surface area contributed by atoms with Gasteiger partial charge >= 0.3 is 0 Å². The standard InChI is InChI=1S/C21H24Cl2N2O5S/c1-5-18(31(29,30)13-8-6-7-12(2)9-13)19(27)24-15-11-17(26)16(10-14(15)22)25-20(28)21(3,4)23/h6-11,18,26H,5H2,1-4H3,(H,24,27)(H,25,28). The van der Waals surface area contributed by atoms with E-state index in [1.807, 2.05) is 0 Å². The number of amides is 2. The summed E-state index contributed by atoms with van der Waals surface area (Å²) in [7, 11) is -3.95. The number of alkyl halides is 1. The van der Waals surface area contributed by atoms with E-state index < -0.39 is 31.8 Å². The van der Waals surface area contributed by atoms with Gasteiger partial charge in [-0.15, -0.1) is 11.6 Å². The molecule has 10 heteroatoms. The molecule has 0 aliphatic rings. The maximum absolute atomic E-state index is 13.0. The Hall–Kier alpha value is -2.29. The van der Waals surface area contributed by atoms with Crippen LogP contribution in [-0.2, 0) is 19.4 Å². The average molecular weight is 487 g/mol. The largest absolute Gasteiger partial charge is 0.506 e. The monoisotopic (exact) mass is 486 g/mol. The van der Waals surface area contributed by atoms with Crippen molar-refractivity contribution >= 4 is 56.2 Å². The van der Waals surface area contributed by atoms with Crippen molar-refractivity contribution in [2.75, 3.05) is 10.6 Å². The number of hydrogen-bond donors (Lipinski definition) is 3. The van der Waals surface area contributed by atoms with E-state index in [1.54, 1.807) is 26.0 Å². The number of phenolic OH excluding ortho intramolecular Hbond substituents is 1. The van der Waals surface area contributed by atoms with Crippen LogP contribution in [0.4, 0.5) is 11.4 Å². The minimum absolute atomic E-state index is 0.00106. The van der Waals surface area contributed by atoms with Crippen LogP contribution in [-0.4, -0.2) is 35.5 Å². The minimum atomic E-state index is -3.95. The summed E-state index contributed by atoms with van der Waals surface area (Å²) < 4.78 is 25.9. The second-order valence-electron chi connectivity index (χ2n) is 7.52. The van der Waals surface area contributed by atoms with E-state index in [9.17, 15) is 23.1 Å². The van der Waals surface area contributed by atoms with E-state index in [2.05, 4.69) is 10.6 Å². The summed E-state index contributed by atoms with van der Waals surface area (Å²) in [6, 6.07) is 8.67. The first-order valence-corrected chi connectivity index (χ1v) is 11.7. The van der Waals surface area contributed by atoms with Crippen molar-refractivity contribution in [2.24, 2.45) is 0 Å². The van der Waals surface area contributed by atoms with E-state index in [-0.39, 0.29) is 33.5 Å². The van der Waals surface area contributed by atoms with Crippen molar-refractivity contribution in [2.45, 2.75) is 49.1 Å². The van der Waals surface area contributed by atoms with Crippen LogP contribution in [0.2, 0.25) is 5.02 Å². The number of benzene rings is 2. The smallest absolute Gasteiger partial charge is 0.245 e. The highest BCUT2D eigenvalue weighted by molar-refractivity contribution is 7.92. The van der Waals surface area contributed by atoms with Crippen LogP contribution in [0.1, 0.15) is 32.8 Å². The van der Waals surface area contributed by atoms with E-state index in [4.69, 9.17) is 23.2 Å². The third-order valence-corrected chi connectivity index (χ3v) is 7.18. The molecule has 3 N–H and O–H groups in total. The molecule has 1 unspecified atom stereocenters.